The quantitative estimate of drug-likeness (QED) is 0.343. The standard InChI is InChI=1S/C18H21ClN4O.HI/c1-20-18(21-12-11-14-7-5-6-10-16(14)19)22-13-17(24)23-15-8-3-2-4-9-15;/h2-10H,11-13H2,1H3,(H,23,24)(H2,20,21,22);1H. The molecular weight excluding hydrogens is 451 g/mol. The molecule has 0 unspecified atom stereocenters. The SMILES string of the molecule is CN=C(NCCc1ccccc1Cl)NCC(=O)Nc1ccccc1.I. The normalized spacial score (nSPS) is 10.6. The van der Waals surface area contributed by atoms with E-state index >= 15 is 0 Å². The van der Waals surface area contributed by atoms with Gasteiger partial charge in [-0.3, -0.25) is 9.79 Å². The molecule has 0 bridgehead atoms. The molecule has 0 saturated heterocycles. The third kappa shape index (κ3) is 7.74. The Morgan fingerprint density at radius 3 is 2.40 bits per heavy atom. The number of halogens is 2. The van der Waals surface area contributed by atoms with Crippen LogP contribution in [0.5, 0.6) is 0 Å². The van der Waals surface area contributed by atoms with Crippen molar-refractivity contribution in [2.75, 3.05) is 25.5 Å². The molecule has 0 atom stereocenters. The number of para-hydroxylation sites is 1. The molecule has 0 fully saturated rings. The highest BCUT2D eigenvalue weighted by Gasteiger charge is 2.04. The first-order valence-electron chi connectivity index (χ1n) is 7.72. The molecule has 0 heterocycles. The number of rotatable bonds is 6. The predicted octanol–water partition coefficient (Wildman–Crippen LogP) is 3.30. The van der Waals surface area contributed by atoms with Crippen LogP contribution >= 0.6 is 35.6 Å². The summed E-state index contributed by atoms with van der Waals surface area (Å²) in [6.07, 6.45) is 0.774. The molecule has 134 valence electrons. The second kappa shape index (κ2) is 11.7. The van der Waals surface area contributed by atoms with Crippen LogP contribution in [0.2, 0.25) is 5.02 Å². The molecule has 25 heavy (non-hydrogen) atoms. The van der Waals surface area contributed by atoms with Crippen molar-refractivity contribution in [1.29, 1.82) is 0 Å². The van der Waals surface area contributed by atoms with Gasteiger partial charge < -0.3 is 16.0 Å². The number of nitrogens with one attached hydrogen (secondary N) is 3. The van der Waals surface area contributed by atoms with Crippen molar-refractivity contribution in [3.05, 3.63) is 65.2 Å². The summed E-state index contributed by atoms with van der Waals surface area (Å²) < 4.78 is 0. The molecule has 0 aliphatic rings. The molecule has 0 saturated carbocycles. The number of guanidine groups is 1. The molecule has 2 aromatic rings. The number of nitrogens with zero attached hydrogens (tertiary/aromatic N) is 1. The fraction of sp³-hybridized carbons (Fsp3) is 0.222. The molecule has 3 N–H and O–H groups in total. The Morgan fingerprint density at radius 1 is 1.04 bits per heavy atom. The van der Waals surface area contributed by atoms with Crippen LogP contribution in [0.15, 0.2) is 59.6 Å². The van der Waals surface area contributed by atoms with E-state index < -0.39 is 0 Å². The Balaban J connectivity index is 0.00000312. The van der Waals surface area contributed by atoms with Gasteiger partial charge in [0.15, 0.2) is 5.96 Å². The zero-order chi connectivity index (χ0) is 17.2. The number of hydrogen-bond acceptors (Lipinski definition) is 2. The molecule has 0 aromatic heterocycles. The predicted molar refractivity (Wildman–Crippen MR) is 115 cm³/mol. The number of hydrogen-bond donors (Lipinski definition) is 3. The average molecular weight is 473 g/mol. The average Bonchev–Trinajstić information content (AvgIpc) is 2.60. The number of benzene rings is 2. The maximum Gasteiger partial charge on any atom is 0.243 e. The minimum absolute atomic E-state index is 0. The van der Waals surface area contributed by atoms with E-state index in [1.54, 1.807) is 7.05 Å². The lowest BCUT2D eigenvalue weighted by Crippen LogP contribution is -2.42. The van der Waals surface area contributed by atoms with Gasteiger partial charge in [0.05, 0.1) is 6.54 Å². The first-order chi connectivity index (χ1) is 11.7. The molecular formula is C18H22ClIN4O. The summed E-state index contributed by atoms with van der Waals surface area (Å²) in [5, 5.41) is 9.71. The Kier molecular flexibility index (Phi) is 9.94. The molecule has 0 radical (unpaired) electrons. The topological polar surface area (TPSA) is 65.5 Å². The number of aliphatic imine (C=N–C) groups is 1. The van der Waals surface area contributed by atoms with Gasteiger partial charge in [0.25, 0.3) is 0 Å². The van der Waals surface area contributed by atoms with Gasteiger partial charge in [0, 0.05) is 24.3 Å². The van der Waals surface area contributed by atoms with E-state index in [0.717, 1.165) is 22.7 Å². The van der Waals surface area contributed by atoms with Crippen LogP contribution in [0.3, 0.4) is 0 Å². The lowest BCUT2D eigenvalue weighted by Gasteiger charge is -2.12. The van der Waals surface area contributed by atoms with Crippen molar-refractivity contribution < 1.29 is 4.79 Å². The van der Waals surface area contributed by atoms with Crippen molar-refractivity contribution in [3.63, 3.8) is 0 Å². The highest BCUT2D eigenvalue weighted by atomic mass is 127. The zero-order valence-electron chi connectivity index (χ0n) is 14.0. The van der Waals surface area contributed by atoms with Gasteiger partial charge in [-0.1, -0.05) is 48.0 Å². The molecule has 2 aromatic carbocycles. The molecule has 5 nitrogen and oxygen atoms in total. The highest BCUT2D eigenvalue weighted by molar-refractivity contribution is 14.0. The first kappa shape index (κ1) is 21.2. The van der Waals surface area contributed by atoms with Crippen LogP contribution < -0.4 is 16.0 Å². The van der Waals surface area contributed by atoms with Crippen molar-refractivity contribution in [3.8, 4) is 0 Å². The number of amides is 1. The molecule has 0 spiro atoms. The van der Waals surface area contributed by atoms with E-state index in [9.17, 15) is 4.79 Å². The summed E-state index contributed by atoms with van der Waals surface area (Å²) in [5.41, 5.74) is 1.84. The van der Waals surface area contributed by atoms with Gasteiger partial charge in [0.2, 0.25) is 5.91 Å². The third-order valence-corrected chi connectivity index (χ3v) is 3.71. The first-order valence-corrected chi connectivity index (χ1v) is 8.09. The van der Waals surface area contributed by atoms with Gasteiger partial charge in [0.1, 0.15) is 0 Å². The Morgan fingerprint density at radius 2 is 1.72 bits per heavy atom. The van der Waals surface area contributed by atoms with Crippen LogP contribution in [0.25, 0.3) is 0 Å². The van der Waals surface area contributed by atoms with Crippen molar-refractivity contribution in [2.24, 2.45) is 4.99 Å². The van der Waals surface area contributed by atoms with E-state index in [-0.39, 0.29) is 36.4 Å². The Hall–Kier alpha value is -1.80. The monoisotopic (exact) mass is 472 g/mol. The molecule has 1 amide bonds. The largest absolute Gasteiger partial charge is 0.356 e. The van der Waals surface area contributed by atoms with Crippen LogP contribution in [-0.4, -0.2) is 32.0 Å². The zero-order valence-corrected chi connectivity index (χ0v) is 17.0. The fourth-order valence-electron chi connectivity index (χ4n) is 2.13. The highest BCUT2D eigenvalue weighted by Crippen LogP contribution is 2.14. The van der Waals surface area contributed by atoms with Crippen LogP contribution in [0.1, 0.15) is 5.56 Å². The molecule has 0 aliphatic heterocycles. The number of anilines is 1. The number of carbonyl (C=O) groups is 1. The van der Waals surface area contributed by atoms with Gasteiger partial charge in [-0.15, -0.1) is 24.0 Å². The van der Waals surface area contributed by atoms with Crippen LogP contribution in [-0.2, 0) is 11.2 Å². The van der Waals surface area contributed by atoms with Gasteiger partial charge in [-0.25, -0.2) is 0 Å². The summed E-state index contributed by atoms with van der Waals surface area (Å²) in [5.74, 6) is 0.445. The van der Waals surface area contributed by atoms with Gasteiger partial charge in [-0.2, -0.15) is 0 Å². The number of carbonyl (C=O) groups excluding carboxylic acids is 1. The molecule has 0 aliphatic carbocycles. The maximum absolute atomic E-state index is 11.9. The van der Waals surface area contributed by atoms with Crippen molar-refractivity contribution >= 4 is 53.1 Å². The lowest BCUT2D eigenvalue weighted by atomic mass is 10.1. The second-order valence-corrected chi connectivity index (χ2v) is 5.52. The van der Waals surface area contributed by atoms with Gasteiger partial charge >= 0.3 is 0 Å². The van der Waals surface area contributed by atoms with E-state index in [0.29, 0.717) is 12.5 Å². The van der Waals surface area contributed by atoms with Gasteiger partial charge in [-0.05, 0) is 30.2 Å². The summed E-state index contributed by atoms with van der Waals surface area (Å²) in [4.78, 5) is 16.0. The van der Waals surface area contributed by atoms with E-state index in [2.05, 4.69) is 20.9 Å². The summed E-state index contributed by atoms with van der Waals surface area (Å²) in [6, 6.07) is 17.1. The minimum atomic E-state index is -0.129. The van der Waals surface area contributed by atoms with E-state index in [4.69, 9.17) is 11.6 Å². The Bertz CT molecular complexity index is 694. The Labute approximate surface area is 170 Å². The maximum atomic E-state index is 11.9. The van der Waals surface area contributed by atoms with Crippen LogP contribution in [0, 0.1) is 0 Å². The van der Waals surface area contributed by atoms with E-state index in [1.807, 2.05) is 54.6 Å². The third-order valence-electron chi connectivity index (χ3n) is 3.34. The summed E-state index contributed by atoms with van der Waals surface area (Å²) >= 11 is 6.13. The smallest absolute Gasteiger partial charge is 0.243 e. The van der Waals surface area contributed by atoms with Crippen LogP contribution in [0.4, 0.5) is 5.69 Å². The lowest BCUT2D eigenvalue weighted by molar-refractivity contribution is -0.115. The summed E-state index contributed by atoms with van der Waals surface area (Å²) in [6.45, 7) is 0.810. The second-order valence-electron chi connectivity index (χ2n) is 5.11. The summed E-state index contributed by atoms with van der Waals surface area (Å²) in [7, 11) is 1.67. The molecule has 2 rings (SSSR count). The van der Waals surface area contributed by atoms with Crippen molar-refractivity contribution in [1.82, 2.24) is 10.6 Å². The fourth-order valence-corrected chi connectivity index (χ4v) is 2.36. The van der Waals surface area contributed by atoms with E-state index in [1.165, 1.54) is 0 Å². The minimum Gasteiger partial charge on any atom is -0.356 e. The molecule has 7 heteroatoms. The van der Waals surface area contributed by atoms with Crippen molar-refractivity contribution in [2.45, 2.75) is 6.42 Å².